The number of benzene rings is 1. The van der Waals surface area contributed by atoms with Crippen LogP contribution in [0, 0.1) is 6.92 Å². The summed E-state index contributed by atoms with van der Waals surface area (Å²) in [5, 5.41) is 11.0. The number of hydrogen-bond donors (Lipinski definition) is 2. The number of aromatic nitrogens is 1. The fourth-order valence-corrected chi connectivity index (χ4v) is 3.20. The molecule has 3 rings (SSSR count). The molecule has 1 aromatic carbocycles. The van der Waals surface area contributed by atoms with Gasteiger partial charge >= 0.3 is 5.97 Å². The molecule has 19 heavy (non-hydrogen) atoms. The summed E-state index contributed by atoms with van der Waals surface area (Å²) >= 11 is 3.43. The summed E-state index contributed by atoms with van der Waals surface area (Å²) in [6.45, 7) is 1.79. The van der Waals surface area contributed by atoms with E-state index in [1.54, 1.807) is 6.92 Å². The zero-order valence-electron chi connectivity index (χ0n) is 10.5. The maximum absolute atomic E-state index is 11.4. The molecule has 0 spiro atoms. The molecule has 2 aromatic rings. The quantitative estimate of drug-likeness (QED) is 0.834. The van der Waals surface area contributed by atoms with Crippen molar-refractivity contribution in [3.05, 3.63) is 29.0 Å². The molecule has 1 aromatic heterocycles. The van der Waals surface area contributed by atoms with Gasteiger partial charge in [-0.1, -0.05) is 15.9 Å². The molecule has 100 valence electrons. The summed E-state index contributed by atoms with van der Waals surface area (Å²) in [4.78, 5) is 14.6. The van der Waals surface area contributed by atoms with E-state index in [1.165, 1.54) is 0 Å². The number of aryl methyl sites for hydroxylation is 2. The third-order valence-electron chi connectivity index (χ3n) is 3.61. The van der Waals surface area contributed by atoms with Crippen LogP contribution in [0.3, 0.4) is 0 Å². The molecule has 0 saturated carbocycles. The number of hydrogen-bond acceptors (Lipinski definition) is 2. The van der Waals surface area contributed by atoms with Gasteiger partial charge in [-0.2, -0.15) is 0 Å². The van der Waals surface area contributed by atoms with Gasteiger partial charge in [-0.3, -0.25) is 0 Å². The van der Waals surface area contributed by atoms with Crippen molar-refractivity contribution < 1.29 is 14.6 Å². The van der Waals surface area contributed by atoms with Crippen LogP contribution in [0.15, 0.2) is 12.1 Å². The molecule has 2 N–H and O–H groups in total. The Bertz CT molecular complexity index is 662. The molecule has 0 fully saturated rings. The normalized spacial score (nSPS) is 18.1. The van der Waals surface area contributed by atoms with Crippen molar-refractivity contribution in [2.75, 3.05) is 5.33 Å². The molecule has 1 aliphatic heterocycles. The zero-order valence-corrected chi connectivity index (χ0v) is 12.1. The minimum Gasteiger partial charge on any atom is -0.489 e. The van der Waals surface area contributed by atoms with E-state index >= 15 is 0 Å². The molecule has 0 radical (unpaired) electrons. The largest absolute Gasteiger partial charge is 0.489 e. The van der Waals surface area contributed by atoms with Gasteiger partial charge in [-0.05, 0) is 31.9 Å². The second-order valence-corrected chi connectivity index (χ2v) is 5.48. The number of carboxylic acids is 1. The van der Waals surface area contributed by atoms with E-state index in [0.717, 1.165) is 40.4 Å². The summed E-state index contributed by atoms with van der Waals surface area (Å²) < 4.78 is 5.88. The van der Waals surface area contributed by atoms with Crippen LogP contribution in [0.2, 0.25) is 0 Å². The number of aromatic carboxylic acids is 1. The Labute approximate surface area is 118 Å². The molecule has 0 saturated heterocycles. The van der Waals surface area contributed by atoms with Crippen molar-refractivity contribution in [2.45, 2.75) is 25.9 Å². The van der Waals surface area contributed by atoms with Gasteiger partial charge < -0.3 is 14.8 Å². The second kappa shape index (κ2) is 4.56. The Morgan fingerprint density at radius 3 is 3.05 bits per heavy atom. The molecular weight excluding hydrogens is 310 g/mol. The van der Waals surface area contributed by atoms with Crippen LogP contribution >= 0.6 is 15.9 Å². The molecule has 0 amide bonds. The predicted octanol–water partition coefficient (Wildman–Crippen LogP) is 3.26. The van der Waals surface area contributed by atoms with Gasteiger partial charge in [0.2, 0.25) is 0 Å². The number of halogens is 1. The van der Waals surface area contributed by atoms with Crippen molar-refractivity contribution in [1.29, 1.82) is 0 Å². The van der Waals surface area contributed by atoms with Crippen molar-refractivity contribution in [1.82, 2.24) is 4.98 Å². The summed E-state index contributed by atoms with van der Waals surface area (Å²) in [5.41, 5.74) is 2.94. The van der Waals surface area contributed by atoms with Crippen molar-refractivity contribution in [3.8, 4) is 5.75 Å². The predicted molar refractivity (Wildman–Crippen MR) is 76.5 cm³/mol. The number of rotatable bonds is 2. The van der Waals surface area contributed by atoms with E-state index in [-0.39, 0.29) is 6.10 Å². The number of H-pyrrole nitrogens is 1. The summed E-state index contributed by atoms with van der Waals surface area (Å²) in [6.07, 6.45) is 1.92. The minimum absolute atomic E-state index is 0.165. The maximum Gasteiger partial charge on any atom is 0.338 e. The van der Waals surface area contributed by atoms with Crippen LogP contribution in [0.4, 0.5) is 0 Å². The van der Waals surface area contributed by atoms with Gasteiger partial charge in [0.05, 0.1) is 5.56 Å². The molecule has 0 bridgehead atoms. The Hall–Kier alpha value is -1.49. The molecule has 0 aliphatic carbocycles. The highest BCUT2D eigenvalue weighted by atomic mass is 79.9. The van der Waals surface area contributed by atoms with Crippen LogP contribution in [0.25, 0.3) is 10.9 Å². The van der Waals surface area contributed by atoms with E-state index < -0.39 is 5.97 Å². The lowest BCUT2D eigenvalue weighted by Gasteiger charge is -2.25. The number of aromatic amines is 1. The van der Waals surface area contributed by atoms with Crippen LogP contribution in [0.5, 0.6) is 5.75 Å². The van der Waals surface area contributed by atoms with Crippen LogP contribution in [0.1, 0.15) is 28.0 Å². The van der Waals surface area contributed by atoms with Gasteiger partial charge in [-0.25, -0.2) is 4.79 Å². The number of fused-ring (bicyclic) bond motifs is 3. The zero-order chi connectivity index (χ0) is 13.6. The van der Waals surface area contributed by atoms with Gasteiger partial charge in [0.25, 0.3) is 0 Å². The number of nitrogens with one attached hydrogen (secondary N) is 1. The number of ether oxygens (including phenoxy) is 1. The maximum atomic E-state index is 11.4. The molecule has 5 heteroatoms. The van der Waals surface area contributed by atoms with Crippen LogP contribution in [-0.4, -0.2) is 27.5 Å². The summed E-state index contributed by atoms with van der Waals surface area (Å²) in [6, 6.07) is 3.82. The lowest BCUT2D eigenvalue weighted by Crippen LogP contribution is -2.24. The number of alkyl halides is 1. The van der Waals surface area contributed by atoms with E-state index in [2.05, 4.69) is 20.9 Å². The Morgan fingerprint density at radius 2 is 2.37 bits per heavy atom. The summed E-state index contributed by atoms with van der Waals surface area (Å²) in [7, 11) is 0. The molecular formula is C14H14BrNO3. The number of carboxylic acid groups (broad SMARTS) is 1. The fraction of sp³-hybridized carbons (Fsp3) is 0.357. The molecule has 2 heterocycles. The average Bonchev–Trinajstić information content (AvgIpc) is 2.74. The van der Waals surface area contributed by atoms with Gasteiger partial charge in [0.1, 0.15) is 11.9 Å². The Kier molecular flexibility index (Phi) is 3.01. The molecule has 1 atom stereocenters. The van der Waals surface area contributed by atoms with Crippen molar-refractivity contribution in [3.63, 3.8) is 0 Å². The van der Waals surface area contributed by atoms with Crippen LogP contribution in [-0.2, 0) is 6.42 Å². The van der Waals surface area contributed by atoms with Crippen molar-refractivity contribution in [2.24, 2.45) is 0 Å². The topological polar surface area (TPSA) is 62.3 Å². The SMILES string of the molecule is Cc1[nH]c2ccc3c(c2c1C(=O)O)CCC(CBr)O3. The molecule has 1 aliphatic rings. The van der Waals surface area contributed by atoms with E-state index in [9.17, 15) is 9.90 Å². The van der Waals surface area contributed by atoms with Gasteiger partial charge in [0, 0.05) is 27.5 Å². The first-order chi connectivity index (χ1) is 9.11. The van der Waals surface area contributed by atoms with E-state index in [1.807, 2.05) is 12.1 Å². The lowest BCUT2D eigenvalue weighted by molar-refractivity contribution is 0.0698. The third-order valence-corrected chi connectivity index (χ3v) is 4.34. The highest BCUT2D eigenvalue weighted by Gasteiger charge is 2.25. The smallest absolute Gasteiger partial charge is 0.338 e. The fourth-order valence-electron chi connectivity index (χ4n) is 2.75. The van der Waals surface area contributed by atoms with E-state index in [0.29, 0.717) is 11.3 Å². The highest BCUT2D eigenvalue weighted by Crippen LogP contribution is 2.37. The Balaban J connectivity index is 2.24. The minimum atomic E-state index is -0.889. The standard InChI is InChI=1S/C14H14BrNO3/c1-7-12(14(17)18)13-9-3-2-8(6-15)19-11(9)5-4-10(13)16-7/h4-5,8,16H,2-3,6H2,1H3,(H,17,18). The molecule has 4 nitrogen and oxygen atoms in total. The highest BCUT2D eigenvalue weighted by molar-refractivity contribution is 9.09. The first-order valence-electron chi connectivity index (χ1n) is 6.22. The van der Waals surface area contributed by atoms with E-state index in [4.69, 9.17) is 4.74 Å². The monoisotopic (exact) mass is 323 g/mol. The lowest BCUT2D eigenvalue weighted by atomic mass is 9.96. The van der Waals surface area contributed by atoms with Crippen molar-refractivity contribution >= 4 is 32.8 Å². The average molecular weight is 324 g/mol. The van der Waals surface area contributed by atoms with Crippen LogP contribution < -0.4 is 4.74 Å². The molecule has 1 unspecified atom stereocenters. The Morgan fingerprint density at radius 1 is 1.58 bits per heavy atom. The van der Waals surface area contributed by atoms with Gasteiger partial charge in [0.15, 0.2) is 0 Å². The number of carbonyl (C=O) groups is 1. The first kappa shape index (κ1) is 12.5. The second-order valence-electron chi connectivity index (χ2n) is 4.83. The van der Waals surface area contributed by atoms with Gasteiger partial charge in [-0.15, -0.1) is 0 Å². The first-order valence-corrected chi connectivity index (χ1v) is 7.34. The summed E-state index contributed by atoms with van der Waals surface area (Å²) in [5.74, 6) is -0.0792. The third kappa shape index (κ3) is 1.92.